The van der Waals surface area contributed by atoms with E-state index in [1.54, 1.807) is 4.57 Å². The van der Waals surface area contributed by atoms with E-state index in [1.807, 2.05) is 40.8 Å². The maximum atomic E-state index is 11.9. The molecule has 19 heavy (non-hydrogen) atoms. The zero-order valence-electron chi connectivity index (χ0n) is 10.4. The van der Waals surface area contributed by atoms with Gasteiger partial charge in [-0.1, -0.05) is 41.9 Å². The molecule has 1 heterocycles. The van der Waals surface area contributed by atoms with E-state index in [2.05, 4.69) is 17.1 Å². The van der Waals surface area contributed by atoms with Gasteiger partial charge in [0.2, 0.25) is 0 Å². The molecular formula is C14H14ClIN2O. The smallest absolute Gasteiger partial charge is 0.268 e. The highest BCUT2D eigenvalue weighted by Gasteiger charge is 2.06. The number of unbranched alkanes of at least 4 members (excludes halogenated alkanes) is 1. The molecular weight excluding hydrogens is 375 g/mol. The van der Waals surface area contributed by atoms with Gasteiger partial charge < -0.3 is 0 Å². The van der Waals surface area contributed by atoms with Crippen LogP contribution in [0.4, 0.5) is 0 Å². The zero-order valence-corrected chi connectivity index (χ0v) is 13.3. The topological polar surface area (TPSA) is 34.9 Å². The van der Waals surface area contributed by atoms with E-state index in [0.717, 1.165) is 19.3 Å². The Morgan fingerprint density at radius 2 is 1.95 bits per heavy atom. The average Bonchev–Trinajstić information content (AvgIpc) is 2.44. The minimum absolute atomic E-state index is 0.0553. The molecule has 0 atom stereocenters. The van der Waals surface area contributed by atoms with Gasteiger partial charge >= 0.3 is 0 Å². The van der Waals surface area contributed by atoms with Crippen LogP contribution in [0.3, 0.4) is 0 Å². The molecule has 0 radical (unpaired) electrons. The fourth-order valence-corrected chi connectivity index (χ4v) is 2.43. The second-order valence-electron chi connectivity index (χ2n) is 4.29. The summed E-state index contributed by atoms with van der Waals surface area (Å²) in [7, 11) is 0. The van der Waals surface area contributed by atoms with E-state index >= 15 is 0 Å². The van der Waals surface area contributed by atoms with Crippen LogP contribution in [0, 0.1) is 3.57 Å². The lowest BCUT2D eigenvalue weighted by Crippen LogP contribution is -2.23. The summed E-state index contributed by atoms with van der Waals surface area (Å²) >= 11 is 7.73. The van der Waals surface area contributed by atoms with Crippen molar-refractivity contribution < 1.29 is 0 Å². The number of aryl methyl sites for hydroxylation is 2. The maximum absolute atomic E-state index is 11.9. The second kappa shape index (κ2) is 7.05. The van der Waals surface area contributed by atoms with Crippen LogP contribution in [-0.2, 0) is 13.0 Å². The van der Waals surface area contributed by atoms with Gasteiger partial charge in [-0.2, -0.15) is 0 Å². The molecule has 100 valence electrons. The summed E-state index contributed by atoms with van der Waals surface area (Å²) in [5, 5.41) is 0.283. The first-order valence-corrected chi connectivity index (χ1v) is 7.58. The van der Waals surface area contributed by atoms with Gasteiger partial charge in [0.05, 0.1) is 6.33 Å². The van der Waals surface area contributed by atoms with E-state index in [9.17, 15) is 4.79 Å². The van der Waals surface area contributed by atoms with E-state index in [4.69, 9.17) is 11.6 Å². The molecule has 0 unspecified atom stereocenters. The van der Waals surface area contributed by atoms with Gasteiger partial charge in [0, 0.05) is 6.54 Å². The summed E-state index contributed by atoms with van der Waals surface area (Å²) in [6.07, 6.45) is 4.56. The Bertz CT molecular complexity index is 598. The SMILES string of the molecule is O=c1c(I)c(Cl)ncn1CCCCc1ccccc1. The Balaban J connectivity index is 1.87. The van der Waals surface area contributed by atoms with Crippen LogP contribution in [0.25, 0.3) is 0 Å². The summed E-state index contributed by atoms with van der Waals surface area (Å²) in [6, 6.07) is 10.4. The number of aromatic nitrogens is 2. The quantitative estimate of drug-likeness (QED) is 0.446. The lowest BCUT2D eigenvalue weighted by Gasteiger charge is -2.06. The van der Waals surface area contributed by atoms with Crippen LogP contribution in [0.1, 0.15) is 18.4 Å². The molecule has 2 rings (SSSR count). The van der Waals surface area contributed by atoms with Crippen molar-refractivity contribution in [2.24, 2.45) is 0 Å². The summed E-state index contributed by atoms with van der Waals surface area (Å²) in [6.45, 7) is 0.686. The third-order valence-corrected chi connectivity index (χ3v) is 4.48. The van der Waals surface area contributed by atoms with Crippen LogP contribution < -0.4 is 5.56 Å². The number of halogens is 2. The fourth-order valence-electron chi connectivity index (χ4n) is 1.86. The standard InChI is InChI=1S/C14H14ClIN2O/c15-13-12(16)14(19)18(10-17-13)9-5-4-8-11-6-2-1-3-7-11/h1-3,6-7,10H,4-5,8-9H2. The fraction of sp³-hybridized carbons (Fsp3) is 0.286. The largest absolute Gasteiger partial charge is 0.298 e. The molecule has 2 aromatic rings. The monoisotopic (exact) mass is 388 g/mol. The number of benzene rings is 1. The van der Waals surface area contributed by atoms with Crippen molar-refractivity contribution in [2.75, 3.05) is 0 Å². The highest BCUT2D eigenvalue weighted by Crippen LogP contribution is 2.10. The number of hydrogen-bond acceptors (Lipinski definition) is 2. The van der Waals surface area contributed by atoms with E-state index in [-0.39, 0.29) is 10.7 Å². The lowest BCUT2D eigenvalue weighted by molar-refractivity contribution is 0.583. The predicted molar refractivity (Wildman–Crippen MR) is 85.6 cm³/mol. The van der Waals surface area contributed by atoms with Gasteiger partial charge in [0.15, 0.2) is 0 Å². The number of hydrogen-bond donors (Lipinski definition) is 0. The van der Waals surface area contributed by atoms with E-state index < -0.39 is 0 Å². The van der Waals surface area contributed by atoms with Gasteiger partial charge in [-0.3, -0.25) is 9.36 Å². The maximum Gasteiger partial charge on any atom is 0.268 e. The van der Waals surface area contributed by atoms with Crippen LogP contribution in [0.2, 0.25) is 5.15 Å². The minimum atomic E-state index is -0.0553. The third-order valence-electron chi connectivity index (χ3n) is 2.90. The second-order valence-corrected chi connectivity index (χ2v) is 5.73. The lowest BCUT2D eigenvalue weighted by atomic mass is 10.1. The Labute approximate surface area is 130 Å². The van der Waals surface area contributed by atoms with Gasteiger partial charge in [-0.15, -0.1) is 0 Å². The van der Waals surface area contributed by atoms with Crippen molar-refractivity contribution in [1.29, 1.82) is 0 Å². The molecule has 0 saturated carbocycles. The summed E-state index contributed by atoms with van der Waals surface area (Å²) in [4.78, 5) is 15.9. The molecule has 1 aromatic carbocycles. The first-order chi connectivity index (χ1) is 9.18. The van der Waals surface area contributed by atoms with Crippen molar-refractivity contribution in [3.05, 3.63) is 61.3 Å². The van der Waals surface area contributed by atoms with Crippen molar-refractivity contribution in [2.45, 2.75) is 25.8 Å². The van der Waals surface area contributed by atoms with Crippen LogP contribution >= 0.6 is 34.2 Å². The molecule has 0 fully saturated rings. The molecule has 1 aromatic heterocycles. The van der Waals surface area contributed by atoms with Gasteiger partial charge in [-0.05, 0) is 47.4 Å². The molecule has 0 spiro atoms. The Morgan fingerprint density at radius 1 is 1.21 bits per heavy atom. The highest BCUT2D eigenvalue weighted by molar-refractivity contribution is 14.1. The van der Waals surface area contributed by atoms with Crippen LogP contribution in [-0.4, -0.2) is 9.55 Å². The molecule has 0 bridgehead atoms. The molecule has 5 heteroatoms. The Morgan fingerprint density at radius 3 is 2.68 bits per heavy atom. The molecule has 3 nitrogen and oxygen atoms in total. The van der Waals surface area contributed by atoms with Crippen molar-refractivity contribution in [3.63, 3.8) is 0 Å². The summed E-state index contributed by atoms with van der Waals surface area (Å²) in [5.74, 6) is 0. The highest BCUT2D eigenvalue weighted by atomic mass is 127. The summed E-state index contributed by atoms with van der Waals surface area (Å²) < 4.78 is 2.11. The van der Waals surface area contributed by atoms with Crippen LogP contribution in [0.5, 0.6) is 0 Å². The molecule has 0 aliphatic heterocycles. The Kier molecular flexibility index (Phi) is 5.39. The van der Waals surface area contributed by atoms with Gasteiger partial charge in [0.1, 0.15) is 8.72 Å². The summed E-state index contributed by atoms with van der Waals surface area (Å²) in [5.41, 5.74) is 1.28. The Hall–Kier alpha value is -0.880. The number of nitrogens with zero attached hydrogens (tertiary/aromatic N) is 2. The molecule has 0 N–H and O–H groups in total. The zero-order chi connectivity index (χ0) is 13.7. The first-order valence-electron chi connectivity index (χ1n) is 6.13. The van der Waals surface area contributed by atoms with Gasteiger partial charge in [-0.25, -0.2) is 4.98 Å². The molecule has 0 aliphatic carbocycles. The van der Waals surface area contributed by atoms with E-state index in [1.165, 1.54) is 11.9 Å². The molecule has 0 saturated heterocycles. The van der Waals surface area contributed by atoms with Crippen LogP contribution in [0.15, 0.2) is 41.5 Å². The predicted octanol–water partition coefficient (Wildman–Crippen LogP) is 3.52. The average molecular weight is 389 g/mol. The third kappa shape index (κ3) is 4.04. The van der Waals surface area contributed by atoms with Crippen molar-refractivity contribution in [3.8, 4) is 0 Å². The number of rotatable bonds is 5. The van der Waals surface area contributed by atoms with Crippen molar-refractivity contribution in [1.82, 2.24) is 9.55 Å². The first kappa shape index (κ1) is 14.5. The molecule has 0 aliphatic rings. The van der Waals surface area contributed by atoms with Gasteiger partial charge in [0.25, 0.3) is 5.56 Å². The normalized spacial score (nSPS) is 10.6. The van der Waals surface area contributed by atoms with Crippen molar-refractivity contribution >= 4 is 34.2 Å². The molecule has 0 amide bonds. The van der Waals surface area contributed by atoms with E-state index in [0.29, 0.717) is 10.1 Å². The minimum Gasteiger partial charge on any atom is -0.298 e.